The molecule has 0 saturated heterocycles. The van der Waals surface area contributed by atoms with Crippen molar-refractivity contribution in [3.05, 3.63) is 33.9 Å². The van der Waals surface area contributed by atoms with Crippen molar-refractivity contribution in [2.24, 2.45) is 5.92 Å². The smallest absolute Gasteiger partial charge is 0.316 e. The monoisotopic (exact) mass is 319 g/mol. The van der Waals surface area contributed by atoms with E-state index >= 15 is 0 Å². The molecule has 0 heterocycles. The number of hydrogen-bond acceptors (Lipinski definition) is 5. The predicted molar refractivity (Wildman–Crippen MR) is 83.5 cm³/mol. The van der Waals surface area contributed by atoms with Crippen LogP contribution < -0.4 is 4.74 Å². The van der Waals surface area contributed by atoms with E-state index in [-0.39, 0.29) is 17.4 Å². The second kappa shape index (κ2) is 6.18. The molecule has 23 heavy (non-hydrogen) atoms. The van der Waals surface area contributed by atoms with Gasteiger partial charge in [-0.2, -0.15) is 0 Å². The van der Waals surface area contributed by atoms with E-state index in [9.17, 15) is 14.9 Å². The molecule has 0 amide bonds. The standard InChI is InChI=1S/C17H21NO5/c1-2-22-16(19)17(8-3-9-17)13-6-7-14(18(20)21)15(10-13)23-11-12-4-5-12/h6-7,10,12H,2-5,8-9,11H2,1H3. The van der Waals surface area contributed by atoms with E-state index in [0.29, 0.717) is 32.0 Å². The zero-order chi connectivity index (χ0) is 16.4. The highest BCUT2D eigenvalue weighted by atomic mass is 16.6. The number of esters is 1. The quantitative estimate of drug-likeness (QED) is 0.437. The number of nitrogens with zero attached hydrogens (tertiary/aromatic N) is 1. The molecule has 1 aromatic carbocycles. The molecule has 6 nitrogen and oxygen atoms in total. The number of nitro groups is 1. The summed E-state index contributed by atoms with van der Waals surface area (Å²) in [7, 11) is 0. The van der Waals surface area contributed by atoms with Crippen LogP contribution in [-0.4, -0.2) is 24.1 Å². The highest BCUT2D eigenvalue weighted by Gasteiger charge is 2.47. The Morgan fingerprint density at radius 1 is 1.39 bits per heavy atom. The Labute approximate surface area is 134 Å². The van der Waals surface area contributed by atoms with Crippen LogP contribution in [-0.2, 0) is 14.9 Å². The van der Waals surface area contributed by atoms with Gasteiger partial charge in [0.25, 0.3) is 0 Å². The lowest BCUT2D eigenvalue weighted by atomic mass is 9.64. The Morgan fingerprint density at radius 2 is 2.13 bits per heavy atom. The van der Waals surface area contributed by atoms with Crippen LogP contribution in [0.5, 0.6) is 5.75 Å². The van der Waals surface area contributed by atoms with Crippen molar-refractivity contribution < 1.29 is 19.2 Å². The second-order valence-corrected chi connectivity index (χ2v) is 6.35. The zero-order valence-electron chi connectivity index (χ0n) is 13.2. The minimum atomic E-state index is -0.664. The van der Waals surface area contributed by atoms with E-state index in [1.165, 1.54) is 6.07 Å². The average molecular weight is 319 g/mol. The Balaban J connectivity index is 1.90. The van der Waals surface area contributed by atoms with Crippen molar-refractivity contribution in [1.82, 2.24) is 0 Å². The molecule has 0 N–H and O–H groups in total. The first kappa shape index (κ1) is 15.8. The fourth-order valence-electron chi connectivity index (χ4n) is 2.98. The van der Waals surface area contributed by atoms with Crippen LogP contribution in [0.1, 0.15) is 44.6 Å². The zero-order valence-corrected chi connectivity index (χ0v) is 13.2. The van der Waals surface area contributed by atoms with Crippen molar-refractivity contribution in [3.8, 4) is 5.75 Å². The number of rotatable bonds is 7. The van der Waals surface area contributed by atoms with Crippen molar-refractivity contribution in [1.29, 1.82) is 0 Å². The first-order chi connectivity index (χ1) is 11.1. The summed E-state index contributed by atoms with van der Waals surface area (Å²) in [6.07, 6.45) is 4.60. The first-order valence-electron chi connectivity index (χ1n) is 8.16. The molecule has 2 fully saturated rings. The van der Waals surface area contributed by atoms with Gasteiger partial charge in [-0.3, -0.25) is 14.9 Å². The molecule has 0 spiro atoms. The molecule has 2 saturated carbocycles. The number of nitro benzene ring substituents is 1. The summed E-state index contributed by atoms with van der Waals surface area (Å²) >= 11 is 0. The van der Waals surface area contributed by atoms with Crippen LogP contribution in [0.3, 0.4) is 0 Å². The molecule has 2 aliphatic rings. The lowest BCUT2D eigenvalue weighted by molar-refractivity contribution is -0.385. The summed E-state index contributed by atoms with van der Waals surface area (Å²) in [6, 6.07) is 4.77. The summed E-state index contributed by atoms with van der Waals surface area (Å²) in [5.41, 5.74) is 0.0503. The third kappa shape index (κ3) is 3.02. The Bertz CT molecular complexity index is 619. The average Bonchev–Trinajstić information content (AvgIpc) is 3.28. The van der Waals surface area contributed by atoms with Gasteiger partial charge in [-0.05, 0) is 50.2 Å². The Morgan fingerprint density at radius 3 is 2.65 bits per heavy atom. The highest BCUT2D eigenvalue weighted by molar-refractivity contribution is 5.84. The molecule has 2 aliphatic carbocycles. The van der Waals surface area contributed by atoms with Gasteiger partial charge < -0.3 is 9.47 Å². The third-order valence-corrected chi connectivity index (χ3v) is 4.75. The lowest BCUT2D eigenvalue weighted by Crippen LogP contribution is -2.43. The van der Waals surface area contributed by atoms with Crippen LogP contribution in [0, 0.1) is 16.0 Å². The number of benzene rings is 1. The van der Waals surface area contributed by atoms with Gasteiger partial charge in [0.15, 0.2) is 5.75 Å². The fourth-order valence-corrected chi connectivity index (χ4v) is 2.98. The molecule has 0 aliphatic heterocycles. The summed E-state index contributed by atoms with van der Waals surface area (Å²) < 4.78 is 10.9. The number of ether oxygens (including phenoxy) is 2. The van der Waals surface area contributed by atoms with Crippen LogP contribution in [0.4, 0.5) is 5.69 Å². The highest BCUT2D eigenvalue weighted by Crippen LogP contribution is 2.47. The summed E-state index contributed by atoms with van der Waals surface area (Å²) in [4.78, 5) is 23.1. The number of carbonyl (C=O) groups is 1. The first-order valence-corrected chi connectivity index (χ1v) is 8.16. The topological polar surface area (TPSA) is 78.7 Å². The minimum Gasteiger partial charge on any atom is -0.487 e. The summed E-state index contributed by atoms with van der Waals surface area (Å²) in [6.45, 7) is 2.61. The molecule has 124 valence electrons. The molecule has 0 unspecified atom stereocenters. The van der Waals surface area contributed by atoms with Crippen LogP contribution in [0.25, 0.3) is 0 Å². The van der Waals surface area contributed by atoms with E-state index in [0.717, 1.165) is 24.8 Å². The van der Waals surface area contributed by atoms with Gasteiger partial charge in [0, 0.05) is 6.07 Å². The van der Waals surface area contributed by atoms with E-state index in [2.05, 4.69) is 0 Å². The van der Waals surface area contributed by atoms with Crippen molar-refractivity contribution in [3.63, 3.8) is 0 Å². The van der Waals surface area contributed by atoms with Gasteiger partial charge in [0.05, 0.1) is 23.6 Å². The van der Waals surface area contributed by atoms with Crippen molar-refractivity contribution in [2.45, 2.75) is 44.4 Å². The maximum absolute atomic E-state index is 12.4. The van der Waals surface area contributed by atoms with Crippen molar-refractivity contribution in [2.75, 3.05) is 13.2 Å². The van der Waals surface area contributed by atoms with Gasteiger partial charge in [0.2, 0.25) is 0 Å². The van der Waals surface area contributed by atoms with Crippen molar-refractivity contribution >= 4 is 11.7 Å². The SMILES string of the molecule is CCOC(=O)C1(c2ccc([N+](=O)[O-])c(OCC3CC3)c2)CCC1. The number of carbonyl (C=O) groups excluding carboxylic acids is 1. The maximum Gasteiger partial charge on any atom is 0.316 e. The van der Waals surface area contributed by atoms with E-state index in [1.807, 2.05) is 0 Å². The minimum absolute atomic E-state index is 0.0484. The molecule has 3 rings (SSSR count). The van der Waals surface area contributed by atoms with E-state index < -0.39 is 10.3 Å². The molecule has 0 bridgehead atoms. The lowest BCUT2D eigenvalue weighted by Gasteiger charge is -2.39. The van der Waals surface area contributed by atoms with Gasteiger partial charge in [-0.1, -0.05) is 12.5 Å². The normalized spacial score (nSPS) is 18.8. The Kier molecular flexibility index (Phi) is 4.24. The Hall–Kier alpha value is -2.11. The molecule has 0 radical (unpaired) electrons. The summed E-state index contributed by atoms with van der Waals surface area (Å²) in [5, 5.41) is 11.2. The van der Waals surface area contributed by atoms with Gasteiger partial charge >= 0.3 is 11.7 Å². The van der Waals surface area contributed by atoms with Gasteiger partial charge in [-0.25, -0.2) is 0 Å². The summed E-state index contributed by atoms with van der Waals surface area (Å²) in [5.74, 6) is 0.518. The largest absolute Gasteiger partial charge is 0.487 e. The molecular weight excluding hydrogens is 298 g/mol. The van der Waals surface area contributed by atoms with Crippen LogP contribution in [0.15, 0.2) is 18.2 Å². The molecule has 1 aromatic rings. The third-order valence-electron chi connectivity index (χ3n) is 4.75. The maximum atomic E-state index is 12.4. The van der Waals surface area contributed by atoms with Crippen LogP contribution >= 0.6 is 0 Å². The molecule has 0 atom stereocenters. The van der Waals surface area contributed by atoms with Crippen LogP contribution in [0.2, 0.25) is 0 Å². The van der Waals surface area contributed by atoms with Gasteiger partial charge in [-0.15, -0.1) is 0 Å². The molecule has 0 aromatic heterocycles. The van der Waals surface area contributed by atoms with Gasteiger partial charge in [0.1, 0.15) is 0 Å². The number of hydrogen-bond donors (Lipinski definition) is 0. The predicted octanol–water partition coefficient (Wildman–Crippen LogP) is 3.37. The fraction of sp³-hybridized carbons (Fsp3) is 0.588. The molecular formula is C17H21NO5. The van der Waals surface area contributed by atoms with E-state index in [1.54, 1.807) is 19.1 Å². The van der Waals surface area contributed by atoms with E-state index in [4.69, 9.17) is 9.47 Å². The molecule has 6 heteroatoms. The second-order valence-electron chi connectivity index (χ2n) is 6.35.